The number of likely N-dealkylation sites (tertiary alicyclic amines) is 1. The number of carbonyl (C=O) groups is 2. The van der Waals surface area contributed by atoms with Crippen LogP contribution >= 0.6 is 24.8 Å². The maximum atomic E-state index is 12.9. The third kappa shape index (κ3) is 6.33. The van der Waals surface area contributed by atoms with Crippen LogP contribution in [-0.2, 0) is 16.1 Å². The Balaban J connectivity index is 0.00000225. The Labute approximate surface area is 190 Å². The Morgan fingerprint density at radius 2 is 1.70 bits per heavy atom. The van der Waals surface area contributed by atoms with Crippen molar-refractivity contribution in [3.8, 4) is 0 Å². The normalized spacial score (nSPS) is 19.9. The molecule has 2 fully saturated rings. The third-order valence-electron chi connectivity index (χ3n) is 6.01. The van der Waals surface area contributed by atoms with Crippen LogP contribution in [-0.4, -0.2) is 41.2 Å². The van der Waals surface area contributed by atoms with Gasteiger partial charge in [-0.2, -0.15) is 0 Å². The first-order valence-electron chi connectivity index (χ1n) is 10.2. The van der Waals surface area contributed by atoms with Crippen molar-refractivity contribution >= 4 is 42.5 Å². The molecule has 2 atom stereocenters. The second kappa shape index (κ2) is 12.1. The molecule has 1 saturated heterocycles. The molecule has 0 unspecified atom stereocenters. The lowest BCUT2D eigenvalue weighted by atomic mass is 9.83. The summed E-state index contributed by atoms with van der Waals surface area (Å²) in [6.07, 6.45) is 7.02. The van der Waals surface area contributed by atoms with Crippen molar-refractivity contribution in [3.05, 3.63) is 35.4 Å². The fourth-order valence-corrected chi connectivity index (χ4v) is 4.30. The van der Waals surface area contributed by atoms with Crippen molar-refractivity contribution in [2.24, 2.45) is 17.4 Å². The van der Waals surface area contributed by atoms with Crippen molar-refractivity contribution in [2.45, 2.75) is 63.6 Å². The van der Waals surface area contributed by atoms with E-state index < -0.39 is 12.1 Å². The second-order valence-electron chi connectivity index (χ2n) is 7.94. The number of amides is 2. The fraction of sp³-hybridized carbons (Fsp3) is 0.571. The van der Waals surface area contributed by atoms with Crippen molar-refractivity contribution in [3.63, 3.8) is 0 Å². The molecule has 0 spiro atoms. The van der Waals surface area contributed by atoms with Gasteiger partial charge >= 0.3 is 0 Å². The molecule has 0 bridgehead atoms. The topological polar surface area (TPSA) is 125 Å². The summed E-state index contributed by atoms with van der Waals surface area (Å²) in [5.41, 5.74) is 13.3. The minimum Gasteiger partial charge on any atom is -0.384 e. The monoisotopic (exact) mass is 457 g/mol. The van der Waals surface area contributed by atoms with Crippen LogP contribution < -0.4 is 16.8 Å². The van der Waals surface area contributed by atoms with Crippen LogP contribution in [0.1, 0.15) is 56.1 Å². The number of amidine groups is 1. The highest BCUT2D eigenvalue weighted by Gasteiger charge is 2.38. The second-order valence-corrected chi connectivity index (χ2v) is 7.94. The summed E-state index contributed by atoms with van der Waals surface area (Å²) in [6.45, 7) is 0.981. The van der Waals surface area contributed by atoms with Gasteiger partial charge in [-0.3, -0.25) is 15.0 Å². The van der Waals surface area contributed by atoms with Crippen LogP contribution in [0, 0.1) is 11.3 Å². The first-order chi connectivity index (χ1) is 13.5. The number of hydrogen-bond donors (Lipinski definition) is 4. The molecule has 3 rings (SSSR count). The summed E-state index contributed by atoms with van der Waals surface area (Å²) in [5, 5.41) is 10.4. The van der Waals surface area contributed by atoms with Gasteiger partial charge in [0, 0.05) is 18.7 Å². The minimum atomic E-state index is -0.493. The van der Waals surface area contributed by atoms with E-state index in [1.807, 2.05) is 12.1 Å². The van der Waals surface area contributed by atoms with Gasteiger partial charge < -0.3 is 21.7 Å². The third-order valence-corrected chi connectivity index (χ3v) is 6.01. The lowest BCUT2D eigenvalue weighted by Gasteiger charge is -2.32. The summed E-state index contributed by atoms with van der Waals surface area (Å²) < 4.78 is 0. The lowest BCUT2D eigenvalue weighted by Crippen LogP contribution is -2.53. The number of benzene rings is 1. The van der Waals surface area contributed by atoms with E-state index in [2.05, 4.69) is 5.32 Å². The van der Waals surface area contributed by atoms with Gasteiger partial charge in [-0.05, 0) is 37.2 Å². The molecule has 1 aromatic carbocycles. The van der Waals surface area contributed by atoms with Gasteiger partial charge in [-0.15, -0.1) is 24.8 Å². The number of nitrogen functional groups attached to an aromatic ring is 1. The highest BCUT2D eigenvalue weighted by atomic mass is 35.5. The van der Waals surface area contributed by atoms with E-state index in [0.717, 1.165) is 37.7 Å². The van der Waals surface area contributed by atoms with Crippen LogP contribution in [0.4, 0.5) is 0 Å². The number of nitrogens with two attached hydrogens (primary N) is 2. The van der Waals surface area contributed by atoms with E-state index >= 15 is 0 Å². The van der Waals surface area contributed by atoms with Crippen LogP contribution in [0.3, 0.4) is 0 Å². The zero-order valence-corrected chi connectivity index (χ0v) is 18.8. The Bertz CT molecular complexity index is 723. The highest BCUT2D eigenvalue weighted by molar-refractivity contribution is 5.95. The smallest absolute Gasteiger partial charge is 0.243 e. The first-order valence-corrected chi connectivity index (χ1v) is 10.2. The average molecular weight is 458 g/mol. The molecular formula is C21H33Cl2N5O2. The molecule has 0 radical (unpaired) electrons. The first kappa shape index (κ1) is 26.2. The van der Waals surface area contributed by atoms with Crippen LogP contribution in [0.25, 0.3) is 0 Å². The predicted molar refractivity (Wildman–Crippen MR) is 123 cm³/mol. The van der Waals surface area contributed by atoms with Crippen LogP contribution in [0.2, 0.25) is 0 Å². The highest BCUT2D eigenvalue weighted by Crippen LogP contribution is 2.28. The molecule has 2 amide bonds. The molecule has 30 heavy (non-hydrogen) atoms. The summed E-state index contributed by atoms with van der Waals surface area (Å²) in [7, 11) is 0. The zero-order valence-electron chi connectivity index (χ0n) is 17.1. The van der Waals surface area contributed by atoms with Crippen molar-refractivity contribution < 1.29 is 9.59 Å². The van der Waals surface area contributed by atoms with E-state index in [-0.39, 0.29) is 48.4 Å². The number of carbonyl (C=O) groups excluding carboxylic acids is 2. The van der Waals surface area contributed by atoms with E-state index in [9.17, 15) is 9.59 Å². The number of hydrogen-bond acceptors (Lipinski definition) is 4. The number of nitrogens with one attached hydrogen (secondary N) is 2. The van der Waals surface area contributed by atoms with Gasteiger partial charge in [-0.1, -0.05) is 43.5 Å². The Morgan fingerprint density at radius 1 is 1.07 bits per heavy atom. The molecule has 1 aromatic rings. The summed E-state index contributed by atoms with van der Waals surface area (Å²) in [6, 6.07) is 6.28. The summed E-state index contributed by atoms with van der Waals surface area (Å²) >= 11 is 0. The van der Waals surface area contributed by atoms with Gasteiger partial charge in [0.2, 0.25) is 11.8 Å². The van der Waals surface area contributed by atoms with Gasteiger partial charge in [0.25, 0.3) is 0 Å². The zero-order chi connectivity index (χ0) is 20.1. The molecule has 1 saturated carbocycles. The van der Waals surface area contributed by atoms with Gasteiger partial charge in [0.05, 0.1) is 6.04 Å². The summed E-state index contributed by atoms with van der Waals surface area (Å²) in [4.78, 5) is 27.3. The maximum Gasteiger partial charge on any atom is 0.243 e. The van der Waals surface area contributed by atoms with Crippen molar-refractivity contribution in [1.29, 1.82) is 5.41 Å². The molecule has 6 N–H and O–H groups in total. The largest absolute Gasteiger partial charge is 0.384 e. The van der Waals surface area contributed by atoms with Gasteiger partial charge in [-0.25, -0.2) is 0 Å². The SMILES string of the molecule is Cl.Cl.N=C(N)c1ccc(CNC(=O)[C@@H]2CCCN2C(=O)[C@H](N)C2CCCCC2)cc1. The molecule has 7 nitrogen and oxygen atoms in total. The lowest BCUT2D eigenvalue weighted by molar-refractivity contribution is -0.140. The number of rotatable bonds is 6. The Hall–Kier alpha value is -1.83. The molecule has 9 heteroatoms. The number of nitrogens with zero attached hydrogens (tertiary/aromatic N) is 1. The molecule has 1 heterocycles. The number of halogens is 2. The molecule has 1 aliphatic heterocycles. The molecule has 2 aliphatic rings. The average Bonchev–Trinajstić information content (AvgIpc) is 3.22. The molecule has 168 valence electrons. The van der Waals surface area contributed by atoms with Crippen molar-refractivity contribution in [1.82, 2.24) is 10.2 Å². The molecule has 1 aliphatic carbocycles. The Kier molecular flexibility index (Phi) is 10.6. The quantitative estimate of drug-likeness (QED) is 0.386. The van der Waals surface area contributed by atoms with E-state index in [0.29, 0.717) is 25.1 Å². The van der Waals surface area contributed by atoms with Gasteiger partial charge in [0.15, 0.2) is 0 Å². The van der Waals surface area contributed by atoms with E-state index in [1.54, 1.807) is 17.0 Å². The van der Waals surface area contributed by atoms with E-state index in [1.165, 1.54) is 6.42 Å². The van der Waals surface area contributed by atoms with Crippen molar-refractivity contribution in [2.75, 3.05) is 6.54 Å². The van der Waals surface area contributed by atoms with E-state index in [4.69, 9.17) is 16.9 Å². The predicted octanol–water partition coefficient (Wildman–Crippen LogP) is 2.33. The minimum absolute atomic E-state index is 0. The standard InChI is InChI=1S/C21H31N5O2.2ClH/c22-18(15-5-2-1-3-6-15)21(28)26-12-4-7-17(26)20(27)25-13-14-8-10-16(11-9-14)19(23)24;;/h8-11,15,17-18H,1-7,12-13,22H2,(H3,23,24)(H,25,27);2*1H/t17-,18+;;/m0../s1. The van der Waals surface area contributed by atoms with Crippen LogP contribution in [0.5, 0.6) is 0 Å². The fourth-order valence-electron chi connectivity index (χ4n) is 4.30. The Morgan fingerprint density at radius 3 is 2.30 bits per heavy atom. The maximum absolute atomic E-state index is 12.9. The molecule has 0 aromatic heterocycles. The van der Waals surface area contributed by atoms with Gasteiger partial charge in [0.1, 0.15) is 11.9 Å². The summed E-state index contributed by atoms with van der Waals surface area (Å²) in [5.74, 6) is 0.0584. The van der Waals surface area contributed by atoms with Crippen LogP contribution in [0.15, 0.2) is 24.3 Å². The molecular weight excluding hydrogens is 425 g/mol.